The summed E-state index contributed by atoms with van der Waals surface area (Å²) in [7, 11) is 1.63. The van der Waals surface area contributed by atoms with Crippen LogP contribution < -0.4 is 4.74 Å². The van der Waals surface area contributed by atoms with E-state index in [1.54, 1.807) is 18.3 Å². The van der Waals surface area contributed by atoms with Crippen molar-refractivity contribution in [1.29, 1.82) is 0 Å². The maximum absolute atomic E-state index is 13.0. The van der Waals surface area contributed by atoms with Crippen molar-refractivity contribution < 1.29 is 13.9 Å². The Balaban J connectivity index is 1.86. The van der Waals surface area contributed by atoms with E-state index in [0.717, 1.165) is 21.5 Å². The predicted octanol–water partition coefficient (Wildman–Crippen LogP) is 4.89. The van der Waals surface area contributed by atoms with Crippen molar-refractivity contribution in [2.45, 2.75) is 13.1 Å². The highest BCUT2D eigenvalue weighted by molar-refractivity contribution is 9.10. The van der Waals surface area contributed by atoms with Gasteiger partial charge in [0.1, 0.15) is 11.5 Å². The Morgan fingerprint density at radius 2 is 1.80 bits per heavy atom. The van der Waals surface area contributed by atoms with E-state index in [1.807, 2.05) is 60.7 Å². The molecule has 0 radical (unpaired) electrons. The molecule has 0 atom stereocenters. The second-order valence-corrected chi connectivity index (χ2v) is 6.42. The van der Waals surface area contributed by atoms with E-state index in [-0.39, 0.29) is 5.91 Å². The van der Waals surface area contributed by atoms with E-state index in [4.69, 9.17) is 9.15 Å². The van der Waals surface area contributed by atoms with Crippen molar-refractivity contribution in [3.63, 3.8) is 0 Å². The van der Waals surface area contributed by atoms with E-state index in [0.29, 0.717) is 18.7 Å². The van der Waals surface area contributed by atoms with Gasteiger partial charge in [-0.3, -0.25) is 4.79 Å². The van der Waals surface area contributed by atoms with Crippen LogP contribution in [0.3, 0.4) is 0 Å². The number of hydrogen-bond donors (Lipinski definition) is 0. The first-order chi connectivity index (χ1) is 12.2. The number of furan rings is 1. The average molecular weight is 400 g/mol. The average Bonchev–Trinajstić information content (AvgIpc) is 3.15. The summed E-state index contributed by atoms with van der Waals surface area (Å²) in [5.41, 5.74) is 1.65. The van der Waals surface area contributed by atoms with Crippen molar-refractivity contribution in [2.75, 3.05) is 7.11 Å². The molecule has 0 fully saturated rings. The fraction of sp³-hybridized carbons (Fsp3) is 0.150. The lowest BCUT2D eigenvalue weighted by atomic mass is 10.1. The minimum absolute atomic E-state index is 0.0558. The molecule has 128 valence electrons. The molecule has 0 aliphatic rings. The van der Waals surface area contributed by atoms with Gasteiger partial charge < -0.3 is 14.1 Å². The van der Waals surface area contributed by atoms with Gasteiger partial charge in [-0.2, -0.15) is 0 Å². The number of ether oxygens (including phenoxy) is 1. The SMILES string of the molecule is COc1ccc(CN(Cc2ccco2)C(=O)c2ccccc2Br)cc1. The van der Waals surface area contributed by atoms with Crippen LogP contribution in [0.4, 0.5) is 0 Å². The summed E-state index contributed by atoms with van der Waals surface area (Å²) in [5.74, 6) is 1.48. The molecule has 5 heteroatoms. The summed E-state index contributed by atoms with van der Waals surface area (Å²) in [5, 5.41) is 0. The molecule has 0 saturated heterocycles. The number of halogens is 1. The van der Waals surface area contributed by atoms with Crippen LogP contribution >= 0.6 is 15.9 Å². The molecule has 3 rings (SSSR count). The highest BCUT2D eigenvalue weighted by Gasteiger charge is 2.19. The number of benzene rings is 2. The van der Waals surface area contributed by atoms with Gasteiger partial charge in [-0.25, -0.2) is 0 Å². The van der Waals surface area contributed by atoms with Crippen LogP contribution in [0.15, 0.2) is 75.8 Å². The summed E-state index contributed by atoms with van der Waals surface area (Å²) in [6, 6.07) is 18.8. The second kappa shape index (κ2) is 8.03. The smallest absolute Gasteiger partial charge is 0.255 e. The predicted molar refractivity (Wildman–Crippen MR) is 99.4 cm³/mol. The lowest BCUT2D eigenvalue weighted by Gasteiger charge is -2.22. The van der Waals surface area contributed by atoms with E-state index >= 15 is 0 Å². The molecular weight excluding hydrogens is 382 g/mol. The lowest BCUT2D eigenvalue weighted by Crippen LogP contribution is -2.30. The Hall–Kier alpha value is -2.53. The standard InChI is InChI=1S/C20H18BrNO3/c1-24-16-10-8-15(9-11-16)13-22(14-17-5-4-12-25-17)20(23)18-6-2-3-7-19(18)21/h2-12H,13-14H2,1H3. The summed E-state index contributed by atoms with van der Waals surface area (Å²) < 4.78 is 11.4. The fourth-order valence-electron chi connectivity index (χ4n) is 2.55. The third-order valence-corrected chi connectivity index (χ3v) is 4.54. The zero-order valence-electron chi connectivity index (χ0n) is 13.8. The van der Waals surface area contributed by atoms with Crippen LogP contribution in [0.25, 0.3) is 0 Å². The van der Waals surface area contributed by atoms with E-state index < -0.39 is 0 Å². The Morgan fingerprint density at radius 1 is 1.04 bits per heavy atom. The highest BCUT2D eigenvalue weighted by Crippen LogP contribution is 2.21. The first kappa shape index (κ1) is 17.3. The van der Waals surface area contributed by atoms with Gasteiger partial charge >= 0.3 is 0 Å². The second-order valence-electron chi connectivity index (χ2n) is 5.57. The van der Waals surface area contributed by atoms with Gasteiger partial charge in [-0.05, 0) is 57.9 Å². The van der Waals surface area contributed by atoms with Gasteiger partial charge in [0.2, 0.25) is 0 Å². The van der Waals surface area contributed by atoms with Crippen molar-refractivity contribution in [3.8, 4) is 5.75 Å². The molecule has 0 unspecified atom stereocenters. The van der Waals surface area contributed by atoms with Crippen molar-refractivity contribution in [2.24, 2.45) is 0 Å². The van der Waals surface area contributed by atoms with Gasteiger partial charge in [-0.1, -0.05) is 24.3 Å². The Morgan fingerprint density at radius 3 is 2.44 bits per heavy atom. The molecule has 3 aromatic rings. The number of nitrogens with zero attached hydrogens (tertiary/aromatic N) is 1. The molecular formula is C20H18BrNO3. The fourth-order valence-corrected chi connectivity index (χ4v) is 3.00. The van der Waals surface area contributed by atoms with Crippen LogP contribution in [-0.2, 0) is 13.1 Å². The number of rotatable bonds is 6. The molecule has 2 aromatic carbocycles. The topological polar surface area (TPSA) is 42.7 Å². The monoisotopic (exact) mass is 399 g/mol. The highest BCUT2D eigenvalue weighted by atomic mass is 79.9. The van der Waals surface area contributed by atoms with Gasteiger partial charge in [0.05, 0.1) is 25.5 Å². The van der Waals surface area contributed by atoms with E-state index in [9.17, 15) is 4.79 Å². The zero-order valence-corrected chi connectivity index (χ0v) is 15.4. The Bertz CT molecular complexity index is 828. The third-order valence-electron chi connectivity index (χ3n) is 3.85. The lowest BCUT2D eigenvalue weighted by molar-refractivity contribution is 0.0717. The molecule has 0 aliphatic heterocycles. The molecule has 1 aromatic heterocycles. The van der Waals surface area contributed by atoms with Crippen molar-refractivity contribution >= 4 is 21.8 Å². The van der Waals surface area contributed by atoms with Gasteiger partial charge in [-0.15, -0.1) is 0 Å². The zero-order chi connectivity index (χ0) is 17.6. The normalized spacial score (nSPS) is 10.5. The molecule has 0 bridgehead atoms. The molecule has 0 N–H and O–H groups in total. The van der Waals surface area contributed by atoms with Gasteiger partial charge in [0.25, 0.3) is 5.91 Å². The summed E-state index contributed by atoms with van der Waals surface area (Å²) in [6.45, 7) is 0.879. The number of carbonyl (C=O) groups excluding carboxylic acids is 1. The van der Waals surface area contributed by atoms with Gasteiger partial charge in [0, 0.05) is 11.0 Å². The van der Waals surface area contributed by atoms with Gasteiger partial charge in [0.15, 0.2) is 0 Å². The molecule has 0 saturated carbocycles. The Labute approximate surface area is 155 Å². The number of methoxy groups -OCH3 is 1. The molecule has 0 spiro atoms. The first-order valence-corrected chi connectivity index (χ1v) is 8.66. The van der Waals surface area contributed by atoms with E-state index in [1.165, 1.54) is 0 Å². The molecule has 0 aliphatic carbocycles. The molecule has 4 nitrogen and oxygen atoms in total. The summed E-state index contributed by atoms with van der Waals surface area (Å²) in [6.07, 6.45) is 1.61. The van der Waals surface area contributed by atoms with Crippen LogP contribution in [0.2, 0.25) is 0 Å². The minimum Gasteiger partial charge on any atom is -0.497 e. The minimum atomic E-state index is -0.0558. The quantitative estimate of drug-likeness (QED) is 0.592. The van der Waals surface area contributed by atoms with Crippen LogP contribution in [0, 0.1) is 0 Å². The van der Waals surface area contributed by atoms with Crippen molar-refractivity contribution in [3.05, 3.63) is 88.3 Å². The van der Waals surface area contributed by atoms with Crippen LogP contribution in [0.1, 0.15) is 21.7 Å². The van der Waals surface area contributed by atoms with Crippen molar-refractivity contribution in [1.82, 2.24) is 4.90 Å². The van der Waals surface area contributed by atoms with E-state index in [2.05, 4.69) is 15.9 Å². The number of carbonyl (C=O) groups is 1. The molecule has 1 heterocycles. The summed E-state index contributed by atoms with van der Waals surface area (Å²) >= 11 is 3.46. The molecule has 25 heavy (non-hydrogen) atoms. The maximum Gasteiger partial charge on any atom is 0.255 e. The molecule has 1 amide bonds. The maximum atomic E-state index is 13.0. The van der Waals surface area contributed by atoms with Crippen LogP contribution in [0.5, 0.6) is 5.75 Å². The largest absolute Gasteiger partial charge is 0.497 e. The Kier molecular flexibility index (Phi) is 5.56. The number of amides is 1. The first-order valence-electron chi connectivity index (χ1n) is 7.86. The van der Waals surface area contributed by atoms with Crippen LogP contribution in [-0.4, -0.2) is 17.9 Å². The third kappa shape index (κ3) is 4.31. The summed E-state index contributed by atoms with van der Waals surface area (Å²) in [4.78, 5) is 14.8. The number of hydrogen-bond acceptors (Lipinski definition) is 3.